The van der Waals surface area contributed by atoms with Crippen molar-refractivity contribution >= 4 is 17.1 Å². The molecule has 4 heteroatoms. The molecule has 0 bridgehead atoms. The minimum absolute atomic E-state index is 0.375. The maximum atomic E-state index is 11.1. The molecule has 0 saturated carbocycles. The lowest BCUT2D eigenvalue weighted by molar-refractivity contribution is 0.152. The number of fused-ring (bicyclic) bond motifs is 1. The Labute approximate surface area is 99.6 Å². The van der Waals surface area contributed by atoms with Gasteiger partial charge in [-0.1, -0.05) is 18.2 Å². The van der Waals surface area contributed by atoms with Crippen molar-refractivity contribution in [1.82, 2.24) is 5.32 Å². The summed E-state index contributed by atoms with van der Waals surface area (Å²) in [5, 5.41) is 3.78. The number of alkyl carbamates (subject to hydrolysis) is 1. The van der Waals surface area contributed by atoms with Crippen LogP contribution in [0.25, 0.3) is 11.0 Å². The normalized spacial score (nSPS) is 10.4. The van der Waals surface area contributed by atoms with Crippen LogP contribution in [0.2, 0.25) is 0 Å². The van der Waals surface area contributed by atoms with Gasteiger partial charge in [-0.3, -0.25) is 0 Å². The summed E-state index contributed by atoms with van der Waals surface area (Å²) in [4.78, 5) is 11.1. The largest absolute Gasteiger partial charge is 0.464 e. The molecule has 0 aliphatic carbocycles. The molecule has 1 aromatic heterocycles. The van der Waals surface area contributed by atoms with Gasteiger partial charge in [0.05, 0.1) is 12.9 Å². The van der Waals surface area contributed by atoms with Gasteiger partial charge in [0.15, 0.2) is 0 Å². The second-order valence-electron chi connectivity index (χ2n) is 3.65. The first-order valence-corrected chi connectivity index (χ1v) is 5.67. The number of rotatable bonds is 4. The van der Waals surface area contributed by atoms with Crippen LogP contribution in [0.3, 0.4) is 0 Å². The van der Waals surface area contributed by atoms with Crippen LogP contribution in [0.15, 0.2) is 34.9 Å². The number of ether oxygens (including phenoxy) is 1. The highest BCUT2D eigenvalue weighted by atomic mass is 16.5. The van der Waals surface area contributed by atoms with Crippen LogP contribution in [0, 0.1) is 0 Å². The Hall–Kier alpha value is -1.97. The van der Waals surface area contributed by atoms with E-state index in [0.29, 0.717) is 13.2 Å². The fourth-order valence-electron chi connectivity index (χ4n) is 1.71. The lowest BCUT2D eigenvalue weighted by Crippen LogP contribution is -2.26. The highest BCUT2D eigenvalue weighted by Crippen LogP contribution is 2.20. The summed E-state index contributed by atoms with van der Waals surface area (Å²) in [5.74, 6) is 0. The number of hydrogen-bond donors (Lipinski definition) is 1. The molecule has 1 heterocycles. The second-order valence-corrected chi connectivity index (χ2v) is 3.65. The molecular weight excluding hydrogens is 218 g/mol. The monoisotopic (exact) mass is 233 g/mol. The number of hydrogen-bond acceptors (Lipinski definition) is 3. The lowest BCUT2D eigenvalue weighted by atomic mass is 10.1. The van der Waals surface area contributed by atoms with E-state index >= 15 is 0 Å². The van der Waals surface area contributed by atoms with Crippen LogP contribution in [0.5, 0.6) is 0 Å². The Bertz CT molecular complexity index is 504. The third-order valence-electron chi connectivity index (χ3n) is 2.50. The number of carbonyl (C=O) groups excluding carboxylic acids is 1. The van der Waals surface area contributed by atoms with Crippen LogP contribution < -0.4 is 5.32 Å². The first-order chi connectivity index (χ1) is 8.31. The standard InChI is InChI=1S/C13H15NO3/c1-2-16-13(15)14-8-7-10-9-17-12-6-4-3-5-11(10)12/h3-6,9H,2,7-8H2,1H3,(H,14,15). The maximum Gasteiger partial charge on any atom is 0.407 e. The zero-order valence-corrected chi connectivity index (χ0v) is 9.73. The van der Waals surface area contributed by atoms with E-state index in [1.54, 1.807) is 13.2 Å². The van der Waals surface area contributed by atoms with E-state index in [4.69, 9.17) is 9.15 Å². The number of nitrogens with one attached hydrogen (secondary N) is 1. The van der Waals surface area contributed by atoms with E-state index in [0.717, 1.165) is 23.0 Å². The summed E-state index contributed by atoms with van der Waals surface area (Å²) in [6.45, 7) is 2.71. The number of carbonyl (C=O) groups is 1. The first kappa shape index (κ1) is 11.5. The summed E-state index contributed by atoms with van der Waals surface area (Å²) < 4.78 is 10.2. The highest BCUT2D eigenvalue weighted by molar-refractivity contribution is 5.80. The van der Waals surface area contributed by atoms with Gasteiger partial charge in [0.1, 0.15) is 5.58 Å². The molecule has 0 saturated heterocycles. The van der Waals surface area contributed by atoms with Crippen molar-refractivity contribution in [3.05, 3.63) is 36.1 Å². The van der Waals surface area contributed by atoms with E-state index in [1.165, 1.54) is 0 Å². The van der Waals surface area contributed by atoms with E-state index in [1.807, 2.05) is 24.3 Å². The third kappa shape index (κ3) is 2.78. The van der Waals surface area contributed by atoms with Gasteiger partial charge in [0.25, 0.3) is 0 Å². The highest BCUT2D eigenvalue weighted by Gasteiger charge is 2.05. The van der Waals surface area contributed by atoms with Crippen molar-refractivity contribution in [1.29, 1.82) is 0 Å². The Morgan fingerprint density at radius 1 is 1.41 bits per heavy atom. The minimum atomic E-state index is -0.375. The summed E-state index contributed by atoms with van der Waals surface area (Å²) >= 11 is 0. The molecule has 1 amide bonds. The van der Waals surface area contributed by atoms with Gasteiger partial charge in [0, 0.05) is 11.9 Å². The fourth-order valence-corrected chi connectivity index (χ4v) is 1.71. The fraction of sp³-hybridized carbons (Fsp3) is 0.308. The number of furan rings is 1. The predicted octanol–water partition coefficient (Wildman–Crippen LogP) is 2.72. The van der Waals surface area contributed by atoms with Gasteiger partial charge in [-0.25, -0.2) is 4.79 Å². The number of para-hydroxylation sites is 1. The van der Waals surface area contributed by atoms with Crippen molar-refractivity contribution in [2.45, 2.75) is 13.3 Å². The van der Waals surface area contributed by atoms with Crippen LogP contribution in [0.1, 0.15) is 12.5 Å². The minimum Gasteiger partial charge on any atom is -0.464 e. The van der Waals surface area contributed by atoms with E-state index in [2.05, 4.69) is 5.32 Å². The van der Waals surface area contributed by atoms with Crippen LogP contribution >= 0.6 is 0 Å². The molecule has 0 fully saturated rings. The molecule has 17 heavy (non-hydrogen) atoms. The van der Waals surface area contributed by atoms with Gasteiger partial charge in [0.2, 0.25) is 0 Å². The van der Waals surface area contributed by atoms with Crippen LogP contribution in [-0.4, -0.2) is 19.2 Å². The van der Waals surface area contributed by atoms with Crippen molar-refractivity contribution in [3.63, 3.8) is 0 Å². The average Bonchev–Trinajstić information content (AvgIpc) is 2.73. The van der Waals surface area contributed by atoms with Gasteiger partial charge in [-0.05, 0) is 25.0 Å². The average molecular weight is 233 g/mol. The Balaban J connectivity index is 1.93. The molecule has 0 radical (unpaired) electrons. The smallest absolute Gasteiger partial charge is 0.407 e. The summed E-state index contributed by atoms with van der Waals surface area (Å²) in [6, 6.07) is 7.85. The van der Waals surface area contributed by atoms with E-state index in [9.17, 15) is 4.79 Å². The first-order valence-electron chi connectivity index (χ1n) is 5.67. The van der Waals surface area contributed by atoms with Crippen LogP contribution in [0.4, 0.5) is 4.79 Å². The number of benzene rings is 1. The molecule has 0 unspecified atom stereocenters. The molecular formula is C13H15NO3. The molecule has 2 rings (SSSR count). The van der Waals surface area contributed by atoms with Gasteiger partial charge < -0.3 is 14.5 Å². The SMILES string of the molecule is CCOC(=O)NCCc1coc2ccccc12. The number of amides is 1. The maximum absolute atomic E-state index is 11.1. The zero-order chi connectivity index (χ0) is 12.1. The van der Waals surface area contributed by atoms with Crippen molar-refractivity contribution in [3.8, 4) is 0 Å². The second kappa shape index (κ2) is 5.39. The van der Waals surface area contributed by atoms with Crippen molar-refractivity contribution < 1.29 is 13.9 Å². The molecule has 0 aliphatic rings. The van der Waals surface area contributed by atoms with Gasteiger partial charge >= 0.3 is 6.09 Å². The Morgan fingerprint density at radius 2 is 2.24 bits per heavy atom. The lowest BCUT2D eigenvalue weighted by Gasteiger charge is -2.03. The van der Waals surface area contributed by atoms with Crippen LogP contribution in [-0.2, 0) is 11.2 Å². The van der Waals surface area contributed by atoms with E-state index < -0.39 is 0 Å². The summed E-state index contributed by atoms with van der Waals surface area (Å²) in [7, 11) is 0. The molecule has 1 N–H and O–H groups in total. The van der Waals surface area contributed by atoms with E-state index in [-0.39, 0.29) is 6.09 Å². The van der Waals surface area contributed by atoms with Gasteiger partial charge in [-0.15, -0.1) is 0 Å². The molecule has 0 aliphatic heterocycles. The summed E-state index contributed by atoms with van der Waals surface area (Å²) in [5.41, 5.74) is 1.97. The molecule has 90 valence electrons. The van der Waals surface area contributed by atoms with Crippen molar-refractivity contribution in [2.24, 2.45) is 0 Å². The third-order valence-corrected chi connectivity index (χ3v) is 2.50. The molecule has 0 atom stereocenters. The molecule has 0 spiro atoms. The molecule has 2 aromatic rings. The topological polar surface area (TPSA) is 51.5 Å². The van der Waals surface area contributed by atoms with Crippen molar-refractivity contribution in [2.75, 3.05) is 13.2 Å². The Kier molecular flexibility index (Phi) is 3.65. The summed E-state index contributed by atoms with van der Waals surface area (Å²) in [6.07, 6.45) is 2.09. The predicted molar refractivity (Wildman–Crippen MR) is 64.9 cm³/mol. The zero-order valence-electron chi connectivity index (χ0n) is 9.73. The molecule has 4 nitrogen and oxygen atoms in total. The molecule has 1 aromatic carbocycles. The van der Waals surface area contributed by atoms with Gasteiger partial charge in [-0.2, -0.15) is 0 Å². The Morgan fingerprint density at radius 3 is 3.06 bits per heavy atom. The quantitative estimate of drug-likeness (QED) is 0.883.